The summed E-state index contributed by atoms with van der Waals surface area (Å²) in [5, 5.41) is -0.0563. The molecule has 1 aliphatic rings. The minimum absolute atomic E-state index is 0.0563. The molecule has 2 atom stereocenters. The predicted molar refractivity (Wildman–Crippen MR) is 92.3 cm³/mol. The van der Waals surface area contributed by atoms with E-state index in [1.807, 2.05) is 6.92 Å². The number of fused-ring (bicyclic) bond motifs is 1. The summed E-state index contributed by atoms with van der Waals surface area (Å²) in [6.45, 7) is 5.39. The SMILES string of the molecule is CC(Cl)c1nc2cc(I)ccc2n1CC1CCN(C)C1. The molecule has 1 aromatic carbocycles. The molecule has 108 valence electrons. The van der Waals surface area contributed by atoms with Crippen LogP contribution in [0.15, 0.2) is 18.2 Å². The van der Waals surface area contributed by atoms with Gasteiger partial charge < -0.3 is 9.47 Å². The average molecular weight is 404 g/mol. The molecule has 2 unspecified atom stereocenters. The molecule has 1 aromatic heterocycles. The molecule has 5 heteroatoms. The molecule has 0 aliphatic carbocycles. The van der Waals surface area contributed by atoms with Crippen molar-refractivity contribution in [2.24, 2.45) is 5.92 Å². The van der Waals surface area contributed by atoms with E-state index in [0.717, 1.165) is 17.9 Å². The van der Waals surface area contributed by atoms with E-state index in [1.165, 1.54) is 28.6 Å². The summed E-state index contributed by atoms with van der Waals surface area (Å²) in [4.78, 5) is 7.15. The van der Waals surface area contributed by atoms with Crippen LogP contribution in [0.5, 0.6) is 0 Å². The molecule has 1 saturated heterocycles. The van der Waals surface area contributed by atoms with Crippen molar-refractivity contribution in [1.29, 1.82) is 0 Å². The Kier molecular flexibility index (Phi) is 4.24. The van der Waals surface area contributed by atoms with Crippen molar-refractivity contribution >= 4 is 45.2 Å². The van der Waals surface area contributed by atoms with Gasteiger partial charge in [0.15, 0.2) is 0 Å². The van der Waals surface area contributed by atoms with Crippen molar-refractivity contribution in [3.63, 3.8) is 0 Å². The van der Waals surface area contributed by atoms with E-state index in [9.17, 15) is 0 Å². The van der Waals surface area contributed by atoms with Crippen molar-refractivity contribution < 1.29 is 0 Å². The van der Waals surface area contributed by atoms with Crippen molar-refractivity contribution in [2.75, 3.05) is 20.1 Å². The third kappa shape index (κ3) is 2.83. The molecule has 0 spiro atoms. The fourth-order valence-electron chi connectivity index (χ4n) is 3.05. The minimum atomic E-state index is -0.0563. The second-order valence-electron chi connectivity index (χ2n) is 5.75. The van der Waals surface area contributed by atoms with Gasteiger partial charge in [-0.25, -0.2) is 4.98 Å². The van der Waals surface area contributed by atoms with Crippen molar-refractivity contribution in [3.8, 4) is 0 Å². The van der Waals surface area contributed by atoms with E-state index in [-0.39, 0.29) is 5.38 Å². The lowest BCUT2D eigenvalue weighted by Crippen LogP contribution is -2.18. The van der Waals surface area contributed by atoms with Crippen molar-refractivity contribution in [1.82, 2.24) is 14.5 Å². The maximum Gasteiger partial charge on any atom is 0.127 e. The molecule has 2 heterocycles. The Labute approximate surface area is 138 Å². The highest BCUT2D eigenvalue weighted by Crippen LogP contribution is 2.28. The Morgan fingerprint density at radius 2 is 2.30 bits per heavy atom. The Hall–Kier alpha value is -0.330. The van der Waals surface area contributed by atoms with Crippen LogP contribution in [0.25, 0.3) is 11.0 Å². The molecule has 1 aliphatic heterocycles. The first-order chi connectivity index (χ1) is 9.54. The first-order valence-corrected chi connectivity index (χ1v) is 8.54. The maximum absolute atomic E-state index is 6.34. The van der Waals surface area contributed by atoms with E-state index in [2.05, 4.69) is 57.3 Å². The van der Waals surface area contributed by atoms with Crippen LogP contribution in [0.1, 0.15) is 24.5 Å². The van der Waals surface area contributed by atoms with Crippen LogP contribution in [0.4, 0.5) is 0 Å². The number of hydrogen-bond donors (Lipinski definition) is 0. The van der Waals surface area contributed by atoms with E-state index < -0.39 is 0 Å². The zero-order valence-corrected chi connectivity index (χ0v) is 14.7. The van der Waals surface area contributed by atoms with Crippen molar-refractivity contribution in [2.45, 2.75) is 25.3 Å². The van der Waals surface area contributed by atoms with Gasteiger partial charge in [-0.2, -0.15) is 0 Å². The van der Waals surface area contributed by atoms with Gasteiger partial charge in [0.1, 0.15) is 5.82 Å². The Balaban J connectivity index is 2.00. The third-order valence-corrected chi connectivity index (χ3v) is 4.89. The first kappa shape index (κ1) is 14.6. The normalized spacial score (nSPS) is 21.7. The zero-order chi connectivity index (χ0) is 14.3. The number of nitrogens with zero attached hydrogens (tertiary/aromatic N) is 3. The van der Waals surface area contributed by atoms with Crippen LogP contribution in [0.2, 0.25) is 0 Å². The molecule has 0 saturated carbocycles. The fraction of sp³-hybridized carbons (Fsp3) is 0.533. The van der Waals surface area contributed by atoms with Gasteiger partial charge >= 0.3 is 0 Å². The van der Waals surface area contributed by atoms with Gasteiger partial charge in [-0.1, -0.05) is 0 Å². The fourth-order valence-corrected chi connectivity index (χ4v) is 3.69. The number of hydrogen-bond acceptors (Lipinski definition) is 2. The standard InChI is InChI=1S/C15H19ClIN3/c1-10(16)15-18-13-7-12(17)3-4-14(13)20(15)9-11-5-6-19(2)8-11/h3-4,7,10-11H,5-6,8-9H2,1-2H3. The molecule has 2 aromatic rings. The number of rotatable bonds is 3. The lowest BCUT2D eigenvalue weighted by Gasteiger charge is -2.15. The topological polar surface area (TPSA) is 21.1 Å². The highest BCUT2D eigenvalue weighted by molar-refractivity contribution is 14.1. The summed E-state index contributed by atoms with van der Waals surface area (Å²) in [6, 6.07) is 6.45. The minimum Gasteiger partial charge on any atom is -0.326 e. The summed E-state index contributed by atoms with van der Waals surface area (Å²) in [5.74, 6) is 1.70. The van der Waals surface area contributed by atoms with Gasteiger partial charge in [-0.15, -0.1) is 11.6 Å². The second-order valence-corrected chi connectivity index (χ2v) is 7.65. The Bertz CT molecular complexity index is 623. The van der Waals surface area contributed by atoms with Gasteiger partial charge in [0.2, 0.25) is 0 Å². The molecule has 0 amide bonds. The smallest absolute Gasteiger partial charge is 0.127 e. The number of aromatic nitrogens is 2. The van der Waals surface area contributed by atoms with Gasteiger partial charge in [-0.05, 0) is 73.6 Å². The van der Waals surface area contributed by atoms with Crippen LogP contribution in [-0.2, 0) is 6.54 Å². The van der Waals surface area contributed by atoms with Crippen molar-refractivity contribution in [3.05, 3.63) is 27.6 Å². The van der Waals surface area contributed by atoms with E-state index in [4.69, 9.17) is 16.6 Å². The summed E-state index contributed by atoms with van der Waals surface area (Å²) in [7, 11) is 2.19. The lowest BCUT2D eigenvalue weighted by molar-refractivity contribution is 0.377. The summed E-state index contributed by atoms with van der Waals surface area (Å²) >= 11 is 8.67. The summed E-state index contributed by atoms with van der Waals surface area (Å²) < 4.78 is 3.54. The molecular weight excluding hydrogens is 385 g/mol. The van der Waals surface area contributed by atoms with Crippen LogP contribution in [0, 0.1) is 9.49 Å². The van der Waals surface area contributed by atoms with Gasteiger partial charge in [0.05, 0.1) is 16.4 Å². The van der Waals surface area contributed by atoms with Crippen LogP contribution in [0.3, 0.4) is 0 Å². The van der Waals surface area contributed by atoms with E-state index in [1.54, 1.807) is 0 Å². The molecule has 1 fully saturated rings. The number of halogens is 2. The van der Waals surface area contributed by atoms with E-state index in [0.29, 0.717) is 5.92 Å². The summed E-state index contributed by atoms with van der Waals surface area (Å²) in [5.41, 5.74) is 2.27. The molecular formula is C15H19ClIN3. The Morgan fingerprint density at radius 3 is 2.95 bits per heavy atom. The third-order valence-electron chi connectivity index (χ3n) is 4.03. The molecule has 0 radical (unpaired) electrons. The highest BCUT2D eigenvalue weighted by atomic mass is 127. The first-order valence-electron chi connectivity index (χ1n) is 7.03. The zero-order valence-electron chi connectivity index (χ0n) is 11.8. The van der Waals surface area contributed by atoms with Gasteiger partial charge in [0, 0.05) is 16.7 Å². The number of alkyl halides is 1. The quantitative estimate of drug-likeness (QED) is 0.573. The monoisotopic (exact) mass is 403 g/mol. The average Bonchev–Trinajstić information content (AvgIpc) is 2.94. The van der Waals surface area contributed by atoms with Crippen LogP contribution < -0.4 is 0 Å². The van der Waals surface area contributed by atoms with E-state index >= 15 is 0 Å². The molecule has 3 nitrogen and oxygen atoms in total. The predicted octanol–water partition coefficient (Wildman–Crippen LogP) is 3.89. The summed E-state index contributed by atoms with van der Waals surface area (Å²) in [6.07, 6.45) is 1.26. The lowest BCUT2D eigenvalue weighted by atomic mass is 10.1. The number of likely N-dealkylation sites (tertiary alicyclic amines) is 1. The molecule has 0 N–H and O–H groups in total. The highest BCUT2D eigenvalue weighted by Gasteiger charge is 2.23. The Morgan fingerprint density at radius 1 is 1.50 bits per heavy atom. The van der Waals surface area contributed by atoms with Crippen LogP contribution >= 0.6 is 34.2 Å². The van der Waals surface area contributed by atoms with Gasteiger partial charge in [-0.3, -0.25) is 0 Å². The maximum atomic E-state index is 6.34. The molecule has 20 heavy (non-hydrogen) atoms. The van der Waals surface area contributed by atoms with Crippen LogP contribution in [-0.4, -0.2) is 34.6 Å². The number of imidazole rings is 1. The largest absolute Gasteiger partial charge is 0.326 e. The molecule has 3 rings (SSSR count). The molecule has 0 bridgehead atoms. The second kappa shape index (κ2) is 5.81. The number of benzene rings is 1. The van der Waals surface area contributed by atoms with Gasteiger partial charge in [0.25, 0.3) is 0 Å².